The lowest BCUT2D eigenvalue weighted by atomic mass is 10.1. The molecule has 2 aromatic heterocycles. The van der Waals surface area contributed by atoms with Gasteiger partial charge in [0, 0.05) is 25.0 Å². The van der Waals surface area contributed by atoms with Crippen LogP contribution in [0, 0.1) is 6.92 Å². The summed E-state index contributed by atoms with van der Waals surface area (Å²) in [6.45, 7) is 2.91. The molecule has 1 aromatic carbocycles. The third kappa shape index (κ3) is 4.66. The molecule has 0 bridgehead atoms. The van der Waals surface area contributed by atoms with Crippen molar-refractivity contribution in [2.75, 3.05) is 0 Å². The molecule has 0 atom stereocenters. The normalized spacial score (nSPS) is 10.5. The molecule has 132 valence electrons. The summed E-state index contributed by atoms with van der Waals surface area (Å²) in [5, 5.41) is 0. The van der Waals surface area contributed by atoms with Crippen LogP contribution in [-0.2, 0) is 24.4 Å². The maximum absolute atomic E-state index is 12.9. The summed E-state index contributed by atoms with van der Waals surface area (Å²) in [5.74, 6) is -0.120. The Morgan fingerprint density at radius 1 is 1.04 bits per heavy atom. The van der Waals surface area contributed by atoms with Crippen LogP contribution in [0.5, 0.6) is 0 Å². The number of amides is 1. The molecule has 5 nitrogen and oxygen atoms in total. The van der Waals surface area contributed by atoms with Crippen LogP contribution >= 0.6 is 0 Å². The minimum absolute atomic E-state index is 0.0122. The zero-order chi connectivity index (χ0) is 18.4. The van der Waals surface area contributed by atoms with Crippen LogP contribution in [0.2, 0.25) is 0 Å². The van der Waals surface area contributed by atoms with Crippen LogP contribution in [0.1, 0.15) is 16.8 Å². The van der Waals surface area contributed by atoms with Crippen molar-refractivity contribution in [3.05, 3.63) is 100 Å². The van der Waals surface area contributed by atoms with E-state index in [1.807, 2.05) is 43.3 Å². The van der Waals surface area contributed by atoms with Gasteiger partial charge in [0.1, 0.15) is 6.54 Å². The maximum Gasteiger partial charge on any atom is 0.250 e. The second kappa shape index (κ2) is 8.25. The van der Waals surface area contributed by atoms with Crippen LogP contribution in [0.15, 0.2) is 77.9 Å². The lowest BCUT2D eigenvalue weighted by Gasteiger charge is -2.23. The van der Waals surface area contributed by atoms with Gasteiger partial charge in [-0.3, -0.25) is 14.6 Å². The summed E-state index contributed by atoms with van der Waals surface area (Å²) < 4.78 is 1.42. The third-order valence-electron chi connectivity index (χ3n) is 4.09. The summed E-state index contributed by atoms with van der Waals surface area (Å²) in [7, 11) is 0. The molecule has 0 aliphatic heterocycles. The Bertz CT molecular complexity index is 935. The number of hydrogen-bond acceptors (Lipinski definition) is 3. The summed E-state index contributed by atoms with van der Waals surface area (Å²) in [6.07, 6.45) is 3.35. The topological polar surface area (TPSA) is 55.2 Å². The lowest BCUT2D eigenvalue weighted by molar-refractivity contribution is -0.133. The average molecular weight is 347 g/mol. The predicted octanol–water partition coefficient (Wildman–Crippen LogP) is 2.78. The molecular weight excluding hydrogens is 326 g/mol. The van der Waals surface area contributed by atoms with Crippen LogP contribution in [-0.4, -0.2) is 20.4 Å². The van der Waals surface area contributed by atoms with Gasteiger partial charge in [0.15, 0.2) is 0 Å². The zero-order valence-electron chi connectivity index (χ0n) is 14.7. The quantitative estimate of drug-likeness (QED) is 0.689. The fourth-order valence-corrected chi connectivity index (χ4v) is 2.79. The molecule has 0 N–H and O–H groups in total. The first-order valence-corrected chi connectivity index (χ1v) is 8.50. The Hall–Kier alpha value is -3.21. The fraction of sp³-hybridized carbons (Fsp3) is 0.190. The van der Waals surface area contributed by atoms with E-state index in [4.69, 9.17) is 0 Å². The van der Waals surface area contributed by atoms with Crippen LogP contribution < -0.4 is 5.56 Å². The van der Waals surface area contributed by atoms with Crippen molar-refractivity contribution >= 4 is 5.91 Å². The molecule has 2 heterocycles. The molecule has 0 aliphatic carbocycles. The first kappa shape index (κ1) is 17.6. The Kier molecular flexibility index (Phi) is 5.59. The van der Waals surface area contributed by atoms with E-state index in [1.165, 1.54) is 10.6 Å². The van der Waals surface area contributed by atoms with E-state index in [2.05, 4.69) is 11.1 Å². The molecule has 0 spiro atoms. The smallest absolute Gasteiger partial charge is 0.250 e. The first-order valence-electron chi connectivity index (χ1n) is 8.50. The maximum atomic E-state index is 12.9. The van der Waals surface area contributed by atoms with E-state index in [0.29, 0.717) is 13.1 Å². The lowest BCUT2D eigenvalue weighted by Crippen LogP contribution is -2.35. The number of benzene rings is 1. The van der Waals surface area contributed by atoms with Gasteiger partial charge < -0.3 is 9.47 Å². The highest BCUT2D eigenvalue weighted by molar-refractivity contribution is 5.76. The number of hydrogen-bond donors (Lipinski definition) is 0. The Morgan fingerprint density at radius 3 is 2.62 bits per heavy atom. The van der Waals surface area contributed by atoms with E-state index in [9.17, 15) is 9.59 Å². The predicted molar refractivity (Wildman–Crippen MR) is 100 cm³/mol. The largest absolute Gasteiger partial charge is 0.331 e. The highest BCUT2D eigenvalue weighted by atomic mass is 16.2. The molecule has 0 radical (unpaired) electrons. The number of rotatable bonds is 6. The number of carbonyl (C=O) groups excluding carboxylic acids is 1. The molecule has 5 heteroatoms. The molecule has 0 fully saturated rings. The molecule has 0 saturated heterocycles. The van der Waals surface area contributed by atoms with Crippen molar-refractivity contribution < 1.29 is 4.79 Å². The highest BCUT2D eigenvalue weighted by Gasteiger charge is 2.16. The minimum atomic E-state index is -0.186. The van der Waals surface area contributed by atoms with Gasteiger partial charge in [-0.1, -0.05) is 42.0 Å². The molecule has 26 heavy (non-hydrogen) atoms. The van der Waals surface area contributed by atoms with Crippen molar-refractivity contribution in [1.82, 2.24) is 14.5 Å². The number of aromatic nitrogens is 2. The van der Waals surface area contributed by atoms with Gasteiger partial charge in [-0.2, -0.15) is 0 Å². The van der Waals surface area contributed by atoms with Crippen LogP contribution in [0.4, 0.5) is 0 Å². The number of pyridine rings is 2. The summed E-state index contributed by atoms with van der Waals surface area (Å²) in [5.41, 5.74) is 2.82. The van der Waals surface area contributed by atoms with Gasteiger partial charge in [0.2, 0.25) is 5.91 Å². The second-order valence-electron chi connectivity index (χ2n) is 6.23. The van der Waals surface area contributed by atoms with Crippen molar-refractivity contribution in [2.45, 2.75) is 26.6 Å². The summed E-state index contributed by atoms with van der Waals surface area (Å²) in [4.78, 5) is 30.9. The molecule has 1 amide bonds. The standard InChI is InChI=1S/C21H21N3O2/c1-17-7-6-8-18(13-17)14-24(15-19-9-2-4-11-22-19)21(26)16-23-12-5-3-10-20(23)25/h2-13H,14-16H2,1H3. The second-order valence-corrected chi connectivity index (χ2v) is 6.23. The minimum Gasteiger partial charge on any atom is -0.331 e. The zero-order valence-corrected chi connectivity index (χ0v) is 14.7. The Labute approximate surface area is 152 Å². The van der Waals surface area contributed by atoms with E-state index < -0.39 is 0 Å². The van der Waals surface area contributed by atoms with Gasteiger partial charge >= 0.3 is 0 Å². The number of carbonyl (C=O) groups is 1. The van der Waals surface area contributed by atoms with Gasteiger partial charge in [-0.05, 0) is 30.7 Å². The van der Waals surface area contributed by atoms with E-state index >= 15 is 0 Å². The van der Waals surface area contributed by atoms with Crippen LogP contribution in [0.3, 0.4) is 0 Å². The van der Waals surface area contributed by atoms with E-state index in [0.717, 1.165) is 16.8 Å². The molecule has 3 rings (SSSR count). The highest BCUT2D eigenvalue weighted by Crippen LogP contribution is 2.11. The fourth-order valence-electron chi connectivity index (χ4n) is 2.79. The molecule has 0 saturated carbocycles. The van der Waals surface area contributed by atoms with Gasteiger partial charge in [0.05, 0.1) is 12.2 Å². The monoisotopic (exact) mass is 347 g/mol. The average Bonchev–Trinajstić information content (AvgIpc) is 2.64. The van der Waals surface area contributed by atoms with Crippen molar-refractivity contribution in [3.63, 3.8) is 0 Å². The Balaban J connectivity index is 1.82. The van der Waals surface area contributed by atoms with Gasteiger partial charge in [0.25, 0.3) is 5.56 Å². The first-order chi connectivity index (χ1) is 12.6. The number of aryl methyl sites for hydroxylation is 1. The van der Waals surface area contributed by atoms with Gasteiger partial charge in [-0.25, -0.2) is 0 Å². The summed E-state index contributed by atoms with van der Waals surface area (Å²) in [6, 6.07) is 18.6. The van der Waals surface area contributed by atoms with Crippen molar-refractivity contribution in [2.24, 2.45) is 0 Å². The number of nitrogens with zero attached hydrogens (tertiary/aromatic N) is 3. The van der Waals surface area contributed by atoms with Gasteiger partial charge in [-0.15, -0.1) is 0 Å². The Morgan fingerprint density at radius 2 is 1.88 bits per heavy atom. The molecule has 0 unspecified atom stereocenters. The molecule has 0 aliphatic rings. The SMILES string of the molecule is Cc1cccc(CN(Cc2ccccn2)C(=O)Cn2ccccc2=O)c1. The summed E-state index contributed by atoms with van der Waals surface area (Å²) >= 11 is 0. The molecular formula is C21H21N3O2. The van der Waals surface area contributed by atoms with E-state index in [1.54, 1.807) is 29.4 Å². The van der Waals surface area contributed by atoms with E-state index in [-0.39, 0.29) is 18.0 Å². The molecule has 3 aromatic rings. The van der Waals surface area contributed by atoms with Crippen molar-refractivity contribution in [3.8, 4) is 0 Å². The van der Waals surface area contributed by atoms with Crippen molar-refractivity contribution in [1.29, 1.82) is 0 Å². The third-order valence-corrected chi connectivity index (χ3v) is 4.09. The van der Waals surface area contributed by atoms with Crippen LogP contribution in [0.25, 0.3) is 0 Å².